The second kappa shape index (κ2) is 5.96. The van der Waals surface area contributed by atoms with Crippen LogP contribution in [0, 0.1) is 12.7 Å². The van der Waals surface area contributed by atoms with E-state index in [4.69, 9.17) is 5.11 Å². The van der Waals surface area contributed by atoms with Gasteiger partial charge in [0.2, 0.25) is 0 Å². The number of fused-ring (bicyclic) bond motifs is 1. The van der Waals surface area contributed by atoms with E-state index in [-0.39, 0.29) is 24.4 Å². The Morgan fingerprint density at radius 1 is 1.45 bits per heavy atom. The number of pyridine rings is 1. The molecular formula is C15H17FN2O2. The van der Waals surface area contributed by atoms with E-state index in [2.05, 4.69) is 10.3 Å². The molecule has 2 N–H and O–H groups in total. The van der Waals surface area contributed by atoms with Crippen LogP contribution >= 0.6 is 0 Å². The van der Waals surface area contributed by atoms with Crippen molar-refractivity contribution in [1.82, 2.24) is 10.3 Å². The van der Waals surface area contributed by atoms with E-state index in [0.29, 0.717) is 28.6 Å². The minimum atomic E-state index is -0.354. The smallest absolute Gasteiger partial charge is 0.253 e. The summed E-state index contributed by atoms with van der Waals surface area (Å²) in [4.78, 5) is 16.4. The minimum Gasteiger partial charge on any atom is -0.394 e. The van der Waals surface area contributed by atoms with E-state index in [1.807, 2.05) is 6.92 Å². The minimum absolute atomic E-state index is 0.104. The van der Waals surface area contributed by atoms with Crippen molar-refractivity contribution < 1.29 is 14.3 Å². The van der Waals surface area contributed by atoms with Crippen LogP contribution in [0.15, 0.2) is 24.3 Å². The quantitative estimate of drug-likeness (QED) is 0.899. The Morgan fingerprint density at radius 3 is 2.85 bits per heavy atom. The zero-order chi connectivity index (χ0) is 14.7. The monoisotopic (exact) mass is 276 g/mol. The summed E-state index contributed by atoms with van der Waals surface area (Å²) in [5, 5.41) is 12.6. The normalized spacial score (nSPS) is 12.4. The number of hydrogen-bond donors (Lipinski definition) is 2. The first-order valence-electron chi connectivity index (χ1n) is 6.53. The molecule has 1 aromatic carbocycles. The van der Waals surface area contributed by atoms with Crippen molar-refractivity contribution in [1.29, 1.82) is 0 Å². The van der Waals surface area contributed by atoms with Gasteiger partial charge in [0.25, 0.3) is 5.91 Å². The molecule has 0 bridgehead atoms. The van der Waals surface area contributed by atoms with Crippen LogP contribution < -0.4 is 5.32 Å². The molecule has 2 aromatic rings. The third kappa shape index (κ3) is 2.93. The molecule has 1 amide bonds. The maximum atomic E-state index is 13.1. The van der Waals surface area contributed by atoms with Crippen molar-refractivity contribution in [3.8, 4) is 0 Å². The first-order valence-corrected chi connectivity index (χ1v) is 6.53. The van der Waals surface area contributed by atoms with Gasteiger partial charge in [-0.15, -0.1) is 0 Å². The van der Waals surface area contributed by atoms with Crippen molar-refractivity contribution in [2.45, 2.75) is 26.3 Å². The molecule has 0 saturated heterocycles. The van der Waals surface area contributed by atoms with Crippen LogP contribution in [0.2, 0.25) is 0 Å². The summed E-state index contributed by atoms with van der Waals surface area (Å²) in [5.41, 5.74) is 1.50. The Hall–Kier alpha value is -2.01. The van der Waals surface area contributed by atoms with E-state index >= 15 is 0 Å². The van der Waals surface area contributed by atoms with E-state index in [1.54, 1.807) is 19.1 Å². The topological polar surface area (TPSA) is 62.2 Å². The maximum absolute atomic E-state index is 13.1. The molecule has 0 radical (unpaired) electrons. The molecule has 106 valence electrons. The highest BCUT2D eigenvalue weighted by molar-refractivity contribution is 5.98. The van der Waals surface area contributed by atoms with Crippen LogP contribution in [0.1, 0.15) is 29.4 Å². The van der Waals surface area contributed by atoms with Gasteiger partial charge in [0.05, 0.1) is 29.4 Å². The Morgan fingerprint density at radius 2 is 2.20 bits per heavy atom. The molecule has 0 fully saturated rings. The van der Waals surface area contributed by atoms with Crippen molar-refractivity contribution >= 4 is 16.8 Å². The van der Waals surface area contributed by atoms with Gasteiger partial charge in [-0.3, -0.25) is 9.78 Å². The van der Waals surface area contributed by atoms with Crippen LogP contribution in [0.4, 0.5) is 4.39 Å². The third-order valence-electron chi connectivity index (χ3n) is 3.26. The number of nitrogens with one attached hydrogen (secondary N) is 1. The molecule has 20 heavy (non-hydrogen) atoms. The van der Waals surface area contributed by atoms with Crippen LogP contribution in [-0.4, -0.2) is 28.6 Å². The fraction of sp³-hybridized carbons (Fsp3) is 0.333. The van der Waals surface area contributed by atoms with E-state index in [9.17, 15) is 9.18 Å². The molecule has 4 nitrogen and oxygen atoms in total. The number of carbonyl (C=O) groups is 1. The maximum Gasteiger partial charge on any atom is 0.253 e. The lowest BCUT2D eigenvalue weighted by Gasteiger charge is -2.15. The van der Waals surface area contributed by atoms with Crippen LogP contribution in [0.25, 0.3) is 10.9 Å². The van der Waals surface area contributed by atoms with Crippen LogP contribution in [0.3, 0.4) is 0 Å². The first-order chi connectivity index (χ1) is 9.55. The highest BCUT2D eigenvalue weighted by Crippen LogP contribution is 2.18. The number of amides is 1. The molecule has 0 aliphatic heterocycles. The predicted molar refractivity (Wildman–Crippen MR) is 75.1 cm³/mol. The van der Waals surface area contributed by atoms with Gasteiger partial charge in [0.15, 0.2) is 0 Å². The van der Waals surface area contributed by atoms with Gasteiger partial charge < -0.3 is 10.4 Å². The molecule has 0 aliphatic rings. The van der Waals surface area contributed by atoms with Crippen LogP contribution in [-0.2, 0) is 0 Å². The summed E-state index contributed by atoms with van der Waals surface area (Å²) in [5.74, 6) is -0.630. The number of nitrogens with zero attached hydrogens (tertiary/aromatic N) is 1. The highest BCUT2D eigenvalue weighted by atomic mass is 19.1. The standard InChI is InChI=1S/C15H17FN2O2/c1-3-12(8-19)18-15(20)13-6-10-4-5-11(16)7-14(10)17-9(13)2/h4-7,12,19H,3,8H2,1-2H3,(H,18,20). The Kier molecular flexibility index (Phi) is 4.29. The van der Waals surface area contributed by atoms with Crippen LogP contribution in [0.5, 0.6) is 0 Å². The lowest BCUT2D eigenvalue weighted by molar-refractivity contribution is 0.0914. The van der Waals surface area contributed by atoms with Crippen molar-refractivity contribution in [2.75, 3.05) is 6.61 Å². The average molecular weight is 276 g/mol. The molecule has 1 heterocycles. The zero-order valence-corrected chi connectivity index (χ0v) is 11.5. The SMILES string of the molecule is CCC(CO)NC(=O)c1cc2ccc(F)cc2nc1C. The number of aryl methyl sites for hydroxylation is 1. The van der Waals surface area contributed by atoms with Crippen molar-refractivity contribution in [3.05, 3.63) is 41.3 Å². The second-order valence-electron chi connectivity index (χ2n) is 4.72. The summed E-state index contributed by atoms with van der Waals surface area (Å²) >= 11 is 0. The van der Waals surface area contributed by atoms with Gasteiger partial charge in [-0.1, -0.05) is 6.92 Å². The summed E-state index contributed by atoms with van der Waals surface area (Å²) < 4.78 is 13.1. The molecule has 0 spiro atoms. The number of aromatic nitrogens is 1. The van der Waals surface area contributed by atoms with Crippen molar-refractivity contribution in [3.63, 3.8) is 0 Å². The van der Waals surface area contributed by atoms with Gasteiger partial charge in [-0.25, -0.2) is 4.39 Å². The summed E-state index contributed by atoms with van der Waals surface area (Å²) in [6.07, 6.45) is 0.646. The number of aliphatic hydroxyl groups is 1. The molecule has 0 aliphatic carbocycles. The highest BCUT2D eigenvalue weighted by Gasteiger charge is 2.15. The van der Waals surface area contributed by atoms with Gasteiger partial charge in [-0.05, 0) is 31.5 Å². The Balaban J connectivity index is 2.36. The van der Waals surface area contributed by atoms with Gasteiger partial charge in [0.1, 0.15) is 5.82 Å². The molecule has 1 unspecified atom stereocenters. The fourth-order valence-corrected chi connectivity index (χ4v) is 2.01. The lowest BCUT2D eigenvalue weighted by Crippen LogP contribution is -2.37. The number of aliphatic hydroxyl groups excluding tert-OH is 1. The lowest BCUT2D eigenvalue weighted by atomic mass is 10.1. The molecule has 1 atom stereocenters. The second-order valence-corrected chi connectivity index (χ2v) is 4.72. The van der Waals surface area contributed by atoms with Gasteiger partial charge in [0, 0.05) is 11.5 Å². The first kappa shape index (κ1) is 14.4. The molecule has 0 saturated carbocycles. The predicted octanol–water partition coefficient (Wildman–Crippen LogP) is 2.18. The third-order valence-corrected chi connectivity index (χ3v) is 3.26. The average Bonchev–Trinajstić information content (AvgIpc) is 2.43. The number of halogens is 1. The summed E-state index contributed by atoms with van der Waals surface area (Å²) in [6, 6.07) is 5.69. The molecule has 5 heteroatoms. The largest absolute Gasteiger partial charge is 0.394 e. The fourth-order valence-electron chi connectivity index (χ4n) is 2.01. The van der Waals surface area contributed by atoms with Gasteiger partial charge >= 0.3 is 0 Å². The molecule has 2 rings (SSSR count). The number of carbonyl (C=O) groups excluding carboxylic acids is 1. The molecule has 1 aromatic heterocycles. The van der Waals surface area contributed by atoms with E-state index in [0.717, 1.165) is 0 Å². The van der Waals surface area contributed by atoms with Crippen molar-refractivity contribution in [2.24, 2.45) is 0 Å². The number of hydrogen-bond acceptors (Lipinski definition) is 3. The summed E-state index contributed by atoms with van der Waals surface area (Å²) in [6.45, 7) is 3.49. The summed E-state index contributed by atoms with van der Waals surface area (Å²) in [7, 11) is 0. The number of benzene rings is 1. The Labute approximate surface area is 116 Å². The van der Waals surface area contributed by atoms with Gasteiger partial charge in [-0.2, -0.15) is 0 Å². The molecular weight excluding hydrogens is 259 g/mol. The zero-order valence-electron chi connectivity index (χ0n) is 11.5. The van der Waals surface area contributed by atoms with E-state index in [1.165, 1.54) is 12.1 Å². The van der Waals surface area contributed by atoms with E-state index < -0.39 is 0 Å². The number of rotatable bonds is 4. The Bertz CT molecular complexity index is 639.